The molecule has 1 aliphatic carbocycles. The molecule has 0 aliphatic heterocycles. The van der Waals surface area contributed by atoms with Crippen LogP contribution < -0.4 is 0 Å². The zero-order chi connectivity index (χ0) is 17.8. The van der Waals surface area contributed by atoms with Gasteiger partial charge >= 0.3 is 11.9 Å². The van der Waals surface area contributed by atoms with E-state index in [4.69, 9.17) is 4.74 Å². The Hall–Kier alpha value is -2.70. The average molecular weight is 343 g/mol. The van der Waals surface area contributed by atoms with Gasteiger partial charge in [0.25, 0.3) is 0 Å². The molecular weight excluding hydrogens is 322 g/mol. The highest BCUT2D eigenvalue weighted by Crippen LogP contribution is 2.31. The van der Waals surface area contributed by atoms with Crippen LogP contribution in [0, 0.1) is 6.92 Å². The molecular formula is C18H21N3O4. The number of esters is 2. The van der Waals surface area contributed by atoms with Crippen molar-refractivity contribution >= 4 is 11.9 Å². The molecule has 0 N–H and O–H groups in total. The van der Waals surface area contributed by atoms with Crippen LogP contribution in [0.15, 0.2) is 30.5 Å². The molecule has 1 saturated carbocycles. The largest absolute Gasteiger partial charge is 0.464 e. The van der Waals surface area contributed by atoms with E-state index in [9.17, 15) is 9.59 Å². The summed E-state index contributed by atoms with van der Waals surface area (Å²) in [5, 5.41) is 7.88. The number of ether oxygens (including phenoxy) is 2. The van der Waals surface area contributed by atoms with Gasteiger partial charge in [0.2, 0.25) is 0 Å². The van der Waals surface area contributed by atoms with Crippen molar-refractivity contribution in [3.63, 3.8) is 0 Å². The van der Waals surface area contributed by atoms with Gasteiger partial charge in [-0.15, -0.1) is 5.10 Å². The van der Waals surface area contributed by atoms with Gasteiger partial charge in [0.05, 0.1) is 24.9 Å². The topological polar surface area (TPSA) is 83.3 Å². The minimum absolute atomic E-state index is 0.132. The van der Waals surface area contributed by atoms with Crippen LogP contribution in [0.5, 0.6) is 0 Å². The van der Waals surface area contributed by atoms with Crippen LogP contribution in [0.4, 0.5) is 0 Å². The average Bonchev–Trinajstić information content (AvgIpc) is 3.11. The van der Waals surface area contributed by atoms with Crippen LogP contribution >= 0.6 is 0 Å². The van der Waals surface area contributed by atoms with Crippen molar-refractivity contribution in [1.29, 1.82) is 0 Å². The Kier molecular flexibility index (Phi) is 5.11. The van der Waals surface area contributed by atoms with Crippen LogP contribution in [0.2, 0.25) is 0 Å². The Bertz CT molecular complexity index is 771. The van der Waals surface area contributed by atoms with E-state index < -0.39 is 5.97 Å². The van der Waals surface area contributed by atoms with E-state index in [1.165, 1.54) is 7.11 Å². The maximum absolute atomic E-state index is 12.5. The van der Waals surface area contributed by atoms with Crippen molar-refractivity contribution in [2.45, 2.75) is 44.8 Å². The monoisotopic (exact) mass is 343 g/mol. The molecule has 0 spiro atoms. The van der Waals surface area contributed by atoms with Gasteiger partial charge < -0.3 is 9.47 Å². The van der Waals surface area contributed by atoms with Crippen molar-refractivity contribution in [2.24, 2.45) is 0 Å². The van der Waals surface area contributed by atoms with E-state index in [1.54, 1.807) is 16.9 Å². The molecule has 1 heterocycles. The molecule has 2 unspecified atom stereocenters. The third kappa shape index (κ3) is 3.70. The third-order valence-corrected chi connectivity index (χ3v) is 4.54. The molecule has 132 valence electrons. The first-order valence-corrected chi connectivity index (χ1v) is 8.37. The number of rotatable bonds is 4. The minimum atomic E-state index is -0.532. The van der Waals surface area contributed by atoms with E-state index in [0.717, 1.165) is 31.2 Å². The molecule has 7 nitrogen and oxygen atoms in total. The third-order valence-electron chi connectivity index (χ3n) is 4.54. The van der Waals surface area contributed by atoms with Gasteiger partial charge in [-0.2, -0.15) is 0 Å². The number of aromatic nitrogens is 3. The molecule has 0 radical (unpaired) electrons. The first kappa shape index (κ1) is 17.1. The molecule has 1 aliphatic rings. The van der Waals surface area contributed by atoms with E-state index in [-0.39, 0.29) is 23.8 Å². The lowest BCUT2D eigenvalue weighted by Gasteiger charge is -2.31. The normalized spacial score (nSPS) is 20.1. The fraction of sp³-hybridized carbons (Fsp3) is 0.444. The molecule has 0 amide bonds. The van der Waals surface area contributed by atoms with Crippen LogP contribution in [-0.4, -0.2) is 40.1 Å². The molecule has 25 heavy (non-hydrogen) atoms. The van der Waals surface area contributed by atoms with Crippen LogP contribution in [-0.2, 0) is 9.47 Å². The maximum Gasteiger partial charge on any atom is 0.360 e. The van der Waals surface area contributed by atoms with E-state index in [0.29, 0.717) is 5.56 Å². The van der Waals surface area contributed by atoms with E-state index in [2.05, 4.69) is 15.0 Å². The second kappa shape index (κ2) is 7.46. The number of hydrogen-bond donors (Lipinski definition) is 0. The Morgan fingerprint density at radius 1 is 1.16 bits per heavy atom. The second-order valence-electron chi connectivity index (χ2n) is 6.19. The lowest BCUT2D eigenvalue weighted by Crippen LogP contribution is -2.32. The summed E-state index contributed by atoms with van der Waals surface area (Å²) < 4.78 is 12.0. The molecule has 1 fully saturated rings. The van der Waals surface area contributed by atoms with Gasteiger partial charge in [0.15, 0.2) is 5.69 Å². The maximum atomic E-state index is 12.5. The molecule has 2 aromatic rings. The second-order valence-corrected chi connectivity index (χ2v) is 6.19. The van der Waals surface area contributed by atoms with Crippen LogP contribution in [0.25, 0.3) is 0 Å². The zero-order valence-corrected chi connectivity index (χ0v) is 14.3. The van der Waals surface area contributed by atoms with E-state index in [1.807, 2.05) is 25.1 Å². The lowest BCUT2D eigenvalue weighted by atomic mass is 9.92. The summed E-state index contributed by atoms with van der Waals surface area (Å²) in [6, 6.07) is 7.23. The highest BCUT2D eigenvalue weighted by atomic mass is 16.5. The highest BCUT2D eigenvalue weighted by molar-refractivity contribution is 5.91. The van der Waals surface area contributed by atoms with Gasteiger partial charge in [-0.05, 0) is 37.8 Å². The SMILES string of the molecule is COC(=O)c1cn(C2CCCCC2OC(=O)c2ccccc2C)nn1. The first-order chi connectivity index (χ1) is 12.1. The lowest BCUT2D eigenvalue weighted by molar-refractivity contribution is 0.00166. The summed E-state index contributed by atoms with van der Waals surface area (Å²) in [4.78, 5) is 24.1. The number of carbonyl (C=O) groups is 2. The number of hydrogen-bond acceptors (Lipinski definition) is 6. The van der Waals surface area contributed by atoms with Gasteiger partial charge in [0, 0.05) is 0 Å². The predicted molar refractivity (Wildman–Crippen MR) is 89.2 cm³/mol. The van der Waals surface area contributed by atoms with Gasteiger partial charge in [0.1, 0.15) is 6.10 Å². The smallest absolute Gasteiger partial charge is 0.360 e. The van der Waals surface area contributed by atoms with E-state index >= 15 is 0 Å². The number of nitrogens with zero attached hydrogens (tertiary/aromatic N) is 3. The number of carbonyl (C=O) groups excluding carboxylic acids is 2. The van der Waals surface area contributed by atoms with Crippen molar-refractivity contribution in [1.82, 2.24) is 15.0 Å². The standard InChI is InChI=1S/C18H21N3O4/c1-12-7-3-4-8-13(12)17(22)25-16-10-6-5-9-15(16)21-11-14(19-20-21)18(23)24-2/h3-4,7-8,11,15-16H,5-6,9-10H2,1-2H3. The summed E-state index contributed by atoms with van der Waals surface area (Å²) in [5.41, 5.74) is 1.60. The first-order valence-electron chi connectivity index (χ1n) is 8.37. The summed E-state index contributed by atoms with van der Waals surface area (Å²) in [7, 11) is 1.30. The van der Waals surface area contributed by atoms with Crippen molar-refractivity contribution in [3.8, 4) is 0 Å². The number of methoxy groups -OCH3 is 1. The molecule has 1 aromatic carbocycles. The van der Waals surface area contributed by atoms with Gasteiger partial charge in [-0.1, -0.05) is 29.8 Å². The van der Waals surface area contributed by atoms with Gasteiger partial charge in [-0.25, -0.2) is 14.3 Å². The predicted octanol–water partition coefficient (Wildman–Crippen LogP) is 2.71. The Morgan fingerprint density at radius 2 is 1.92 bits per heavy atom. The zero-order valence-electron chi connectivity index (χ0n) is 14.3. The molecule has 7 heteroatoms. The fourth-order valence-corrected chi connectivity index (χ4v) is 3.16. The quantitative estimate of drug-likeness (QED) is 0.794. The molecule has 3 rings (SSSR count). The van der Waals surface area contributed by atoms with Crippen LogP contribution in [0.1, 0.15) is 58.1 Å². The molecule has 2 atom stereocenters. The van der Waals surface area contributed by atoms with Crippen LogP contribution in [0.3, 0.4) is 0 Å². The molecule has 1 aromatic heterocycles. The summed E-state index contributed by atoms with van der Waals surface area (Å²) in [6.45, 7) is 1.88. The molecule has 0 saturated heterocycles. The Labute approximate surface area is 145 Å². The summed E-state index contributed by atoms with van der Waals surface area (Å²) in [5.74, 6) is -0.862. The van der Waals surface area contributed by atoms with Crippen molar-refractivity contribution < 1.29 is 19.1 Å². The van der Waals surface area contributed by atoms with Gasteiger partial charge in [-0.3, -0.25) is 0 Å². The summed E-state index contributed by atoms with van der Waals surface area (Å²) in [6.07, 6.45) is 4.83. The number of benzene rings is 1. The summed E-state index contributed by atoms with van der Waals surface area (Å²) >= 11 is 0. The fourth-order valence-electron chi connectivity index (χ4n) is 3.16. The number of aryl methyl sites for hydroxylation is 1. The molecule has 0 bridgehead atoms. The van der Waals surface area contributed by atoms with Crippen molar-refractivity contribution in [3.05, 3.63) is 47.3 Å². The minimum Gasteiger partial charge on any atom is -0.464 e. The van der Waals surface area contributed by atoms with Crippen molar-refractivity contribution in [2.75, 3.05) is 7.11 Å². The Morgan fingerprint density at radius 3 is 2.68 bits per heavy atom. The highest BCUT2D eigenvalue weighted by Gasteiger charge is 2.31. The Balaban J connectivity index is 1.77.